The quantitative estimate of drug-likeness (QED) is 0.190. The van der Waals surface area contributed by atoms with Gasteiger partial charge in [-0.3, -0.25) is 0 Å². The molecular weight excluding hydrogens is 607 g/mol. The van der Waals surface area contributed by atoms with Gasteiger partial charge in [-0.1, -0.05) is 36.4 Å². The lowest BCUT2D eigenvalue weighted by Crippen LogP contribution is -2.04. The maximum absolute atomic E-state index is 9.98. The van der Waals surface area contributed by atoms with Gasteiger partial charge in [-0.25, -0.2) is 15.0 Å². The fourth-order valence-electron chi connectivity index (χ4n) is 6.25. The van der Waals surface area contributed by atoms with Gasteiger partial charge in [0.15, 0.2) is 5.82 Å². The second-order valence-corrected chi connectivity index (χ2v) is 11.4. The molecule has 5 aromatic carbocycles. The first-order chi connectivity index (χ1) is 23.8. The second-order valence-electron chi connectivity index (χ2n) is 11.4. The van der Waals surface area contributed by atoms with Gasteiger partial charge in [0.1, 0.15) is 11.6 Å². The van der Waals surface area contributed by atoms with Crippen LogP contribution in [-0.2, 0) is 0 Å². The van der Waals surface area contributed by atoms with Crippen molar-refractivity contribution in [3.05, 3.63) is 130 Å². The molecule has 226 valence electrons. The van der Waals surface area contributed by atoms with E-state index in [0.29, 0.717) is 67.7 Å². The molecule has 0 atom stereocenters. The summed E-state index contributed by atoms with van der Waals surface area (Å²) in [4.78, 5) is 13.7. The minimum Gasteiger partial charge on any atom is -0.308 e. The fourth-order valence-corrected chi connectivity index (χ4v) is 6.25. The van der Waals surface area contributed by atoms with E-state index < -0.39 is 0 Å². The van der Waals surface area contributed by atoms with Crippen molar-refractivity contribution >= 4 is 21.8 Å². The summed E-state index contributed by atoms with van der Waals surface area (Å²) in [5.41, 5.74) is 7.85. The van der Waals surface area contributed by atoms with Gasteiger partial charge < -0.3 is 4.57 Å². The Morgan fingerprint density at radius 1 is 0.469 bits per heavy atom. The Balaban J connectivity index is 1.59. The smallest absolute Gasteiger partial charge is 0.165 e. The minimum atomic E-state index is 0.378. The van der Waals surface area contributed by atoms with Crippen LogP contribution in [0.15, 0.2) is 91.0 Å². The maximum Gasteiger partial charge on any atom is 0.165 e. The highest BCUT2D eigenvalue weighted by Crippen LogP contribution is 2.40. The van der Waals surface area contributed by atoms with Crippen molar-refractivity contribution in [2.75, 3.05) is 0 Å². The second kappa shape index (κ2) is 11.9. The predicted octanol–water partition coefficient (Wildman–Crippen LogP) is 7.94. The van der Waals surface area contributed by atoms with Crippen molar-refractivity contribution in [1.82, 2.24) is 19.5 Å². The first-order valence-electron chi connectivity index (χ1n) is 15.1. The number of nitriles is 5. The standard InChI is InChI=1S/C40H21N9/c1-23-46-24(2)48-40(47-23)36-15-27(20-43)5-12-37(36)49-38-16-28(32-8-3-25(18-41)13-30(32)21-44)6-10-34(38)35-11-7-29(17-39(35)49)33-9-4-26(19-42)14-31(33)22-45/h3-17H,1-2H3. The molecule has 0 spiro atoms. The van der Waals surface area contributed by atoms with Crippen LogP contribution in [0.5, 0.6) is 0 Å². The molecule has 7 aromatic rings. The van der Waals surface area contributed by atoms with Gasteiger partial charge in [0, 0.05) is 16.3 Å². The van der Waals surface area contributed by atoms with Crippen molar-refractivity contribution in [3.63, 3.8) is 0 Å². The zero-order valence-corrected chi connectivity index (χ0v) is 26.2. The number of aromatic nitrogens is 4. The van der Waals surface area contributed by atoms with Crippen molar-refractivity contribution in [3.8, 4) is 69.7 Å². The molecule has 0 saturated heterocycles. The lowest BCUT2D eigenvalue weighted by atomic mass is 9.96. The van der Waals surface area contributed by atoms with Crippen LogP contribution < -0.4 is 0 Å². The Labute approximate surface area is 281 Å². The molecule has 0 fully saturated rings. The van der Waals surface area contributed by atoms with E-state index in [0.717, 1.165) is 32.9 Å². The van der Waals surface area contributed by atoms with Gasteiger partial charge in [0.05, 0.1) is 74.9 Å². The summed E-state index contributed by atoms with van der Waals surface area (Å²) in [6.45, 7) is 3.58. The number of aryl methyl sites for hydroxylation is 2. The summed E-state index contributed by atoms with van der Waals surface area (Å²) < 4.78 is 2.08. The van der Waals surface area contributed by atoms with Gasteiger partial charge in [0.25, 0.3) is 0 Å². The van der Waals surface area contributed by atoms with Gasteiger partial charge in [-0.2, -0.15) is 26.3 Å². The molecule has 0 unspecified atom stereocenters. The molecule has 9 heteroatoms. The molecule has 0 N–H and O–H groups in total. The van der Waals surface area contributed by atoms with Gasteiger partial charge >= 0.3 is 0 Å². The highest BCUT2D eigenvalue weighted by Gasteiger charge is 2.21. The van der Waals surface area contributed by atoms with E-state index in [1.165, 1.54) is 0 Å². The molecule has 49 heavy (non-hydrogen) atoms. The molecular formula is C40H21N9. The molecule has 9 nitrogen and oxygen atoms in total. The monoisotopic (exact) mass is 627 g/mol. The van der Waals surface area contributed by atoms with E-state index in [2.05, 4.69) is 49.9 Å². The lowest BCUT2D eigenvalue weighted by molar-refractivity contribution is 0.926. The molecule has 0 radical (unpaired) electrons. The molecule has 0 amide bonds. The number of benzene rings is 5. The third-order valence-electron chi connectivity index (χ3n) is 8.39. The molecule has 2 aromatic heterocycles. The van der Waals surface area contributed by atoms with Crippen LogP contribution in [0.4, 0.5) is 0 Å². The number of hydrogen-bond acceptors (Lipinski definition) is 8. The summed E-state index contributed by atoms with van der Waals surface area (Å²) in [5, 5.41) is 50.6. The zero-order valence-electron chi connectivity index (χ0n) is 26.2. The van der Waals surface area contributed by atoms with E-state index in [4.69, 9.17) is 0 Å². The zero-order chi connectivity index (χ0) is 34.2. The maximum atomic E-state index is 9.98. The molecule has 0 aliphatic carbocycles. The number of fused-ring (bicyclic) bond motifs is 3. The number of nitrogens with zero attached hydrogens (tertiary/aromatic N) is 9. The molecule has 0 aliphatic rings. The van der Waals surface area contributed by atoms with Gasteiger partial charge in [-0.05, 0) is 90.7 Å². The van der Waals surface area contributed by atoms with Crippen LogP contribution in [0.1, 0.15) is 39.5 Å². The predicted molar refractivity (Wildman–Crippen MR) is 184 cm³/mol. The number of hydrogen-bond donors (Lipinski definition) is 0. The molecule has 7 rings (SSSR count). The SMILES string of the molecule is Cc1nc(C)nc(-c2cc(C#N)ccc2-n2c3cc(-c4ccc(C#N)cc4C#N)ccc3c3ccc(-c4ccc(C#N)cc4C#N)cc32)n1. The van der Waals surface area contributed by atoms with E-state index >= 15 is 0 Å². The highest BCUT2D eigenvalue weighted by atomic mass is 15.0. The topological polar surface area (TPSA) is 163 Å². The Hall–Kier alpha value is -7.64. The fraction of sp³-hybridized carbons (Fsp3) is 0.0500. The Morgan fingerprint density at radius 3 is 1.41 bits per heavy atom. The average Bonchev–Trinajstić information content (AvgIpc) is 3.46. The van der Waals surface area contributed by atoms with Crippen molar-refractivity contribution in [2.45, 2.75) is 13.8 Å². The van der Waals surface area contributed by atoms with Crippen LogP contribution in [0, 0.1) is 70.5 Å². The van der Waals surface area contributed by atoms with Crippen molar-refractivity contribution < 1.29 is 0 Å². The van der Waals surface area contributed by atoms with Crippen LogP contribution in [0.25, 0.3) is 61.1 Å². The molecule has 0 aliphatic heterocycles. The molecule has 0 saturated carbocycles. The lowest BCUT2D eigenvalue weighted by Gasteiger charge is -2.15. The molecule has 0 bridgehead atoms. The van der Waals surface area contributed by atoms with E-state index in [-0.39, 0.29) is 0 Å². The van der Waals surface area contributed by atoms with Crippen LogP contribution >= 0.6 is 0 Å². The Kier molecular flexibility index (Phi) is 7.32. The summed E-state index contributed by atoms with van der Waals surface area (Å²) >= 11 is 0. The van der Waals surface area contributed by atoms with E-state index in [9.17, 15) is 26.3 Å². The highest BCUT2D eigenvalue weighted by molar-refractivity contribution is 6.11. The minimum absolute atomic E-state index is 0.378. The van der Waals surface area contributed by atoms with E-state index in [1.807, 2.05) is 42.5 Å². The van der Waals surface area contributed by atoms with Crippen LogP contribution in [0.2, 0.25) is 0 Å². The normalized spacial score (nSPS) is 10.6. The third-order valence-corrected chi connectivity index (χ3v) is 8.39. The van der Waals surface area contributed by atoms with Crippen LogP contribution in [0.3, 0.4) is 0 Å². The van der Waals surface area contributed by atoms with E-state index in [1.54, 1.807) is 62.4 Å². The summed E-state index contributed by atoms with van der Waals surface area (Å²) in [6, 6.07) is 38.3. The number of rotatable bonds is 4. The Morgan fingerprint density at radius 2 is 0.939 bits per heavy atom. The average molecular weight is 628 g/mol. The molecule has 2 heterocycles. The summed E-state index contributed by atoms with van der Waals surface area (Å²) in [5.74, 6) is 1.49. The van der Waals surface area contributed by atoms with Crippen molar-refractivity contribution in [1.29, 1.82) is 26.3 Å². The van der Waals surface area contributed by atoms with Gasteiger partial charge in [0.2, 0.25) is 0 Å². The van der Waals surface area contributed by atoms with Crippen LogP contribution in [-0.4, -0.2) is 19.5 Å². The third kappa shape index (κ3) is 5.15. The first kappa shape index (κ1) is 30.0. The van der Waals surface area contributed by atoms with Crippen molar-refractivity contribution in [2.24, 2.45) is 0 Å². The Bertz CT molecular complexity index is 2600. The largest absolute Gasteiger partial charge is 0.308 e. The van der Waals surface area contributed by atoms with Gasteiger partial charge in [-0.15, -0.1) is 0 Å². The summed E-state index contributed by atoms with van der Waals surface area (Å²) in [6.07, 6.45) is 0. The first-order valence-corrected chi connectivity index (χ1v) is 15.1. The summed E-state index contributed by atoms with van der Waals surface area (Å²) in [7, 11) is 0.